The molecule has 0 fully saturated rings. The minimum Gasteiger partial charge on any atom is -0.506 e. The molecule has 4 nitrogen and oxygen atoms in total. The van der Waals surface area contributed by atoms with E-state index in [1.54, 1.807) is 12.1 Å². The highest BCUT2D eigenvalue weighted by atomic mass is 16.3. The first-order valence-electron chi connectivity index (χ1n) is 6.31. The Bertz CT molecular complexity index is 416. The smallest absolute Gasteiger partial charge is 0.226 e. The Balaban J connectivity index is 2.69. The Morgan fingerprint density at radius 1 is 1.44 bits per heavy atom. The summed E-state index contributed by atoms with van der Waals surface area (Å²) in [6.07, 6.45) is 1.11. The highest BCUT2D eigenvalue weighted by Crippen LogP contribution is 2.24. The maximum absolute atomic E-state index is 11.8. The van der Waals surface area contributed by atoms with Crippen LogP contribution in [0.4, 0.5) is 5.69 Å². The van der Waals surface area contributed by atoms with E-state index in [0.29, 0.717) is 5.69 Å². The third-order valence-corrected chi connectivity index (χ3v) is 3.02. The highest BCUT2D eigenvalue weighted by Gasteiger charge is 2.14. The van der Waals surface area contributed by atoms with Gasteiger partial charge in [-0.25, -0.2) is 0 Å². The van der Waals surface area contributed by atoms with E-state index in [2.05, 4.69) is 5.32 Å². The maximum Gasteiger partial charge on any atom is 0.226 e. The van der Waals surface area contributed by atoms with Gasteiger partial charge in [-0.2, -0.15) is 0 Å². The molecule has 0 aliphatic rings. The molecule has 0 aliphatic carbocycles. The van der Waals surface area contributed by atoms with Gasteiger partial charge in [0.2, 0.25) is 5.91 Å². The molecule has 100 valence electrons. The monoisotopic (exact) mass is 250 g/mol. The summed E-state index contributed by atoms with van der Waals surface area (Å²) >= 11 is 0. The molecule has 18 heavy (non-hydrogen) atoms. The number of carbonyl (C=O) groups is 1. The van der Waals surface area contributed by atoms with Crippen LogP contribution in [0.25, 0.3) is 0 Å². The summed E-state index contributed by atoms with van der Waals surface area (Å²) in [4.78, 5) is 11.8. The van der Waals surface area contributed by atoms with Crippen molar-refractivity contribution in [2.24, 2.45) is 11.7 Å². The van der Waals surface area contributed by atoms with Gasteiger partial charge in [0.15, 0.2) is 0 Å². The lowest BCUT2D eigenvalue weighted by Gasteiger charge is -2.15. The Morgan fingerprint density at radius 2 is 2.11 bits per heavy atom. The first-order valence-corrected chi connectivity index (χ1v) is 6.31. The number of aryl methyl sites for hydroxylation is 1. The second-order valence-corrected chi connectivity index (χ2v) is 4.87. The molecule has 0 heterocycles. The molecule has 0 bridgehead atoms. The second-order valence-electron chi connectivity index (χ2n) is 4.87. The molecule has 0 aliphatic heterocycles. The van der Waals surface area contributed by atoms with Gasteiger partial charge in [-0.05, 0) is 30.0 Å². The fourth-order valence-corrected chi connectivity index (χ4v) is 1.55. The molecule has 0 saturated heterocycles. The molecule has 0 radical (unpaired) electrons. The summed E-state index contributed by atoms with van der Waals surface area (Å²) in [5.41, 5.74) is 7.36. The first-order chi connectivity index (χ1) is 8.43. The van der Waals surface area contributed by atoms with Gasteiger partial charge in [-0.15, -0.1) is 0 Å². The molecule has 1 atom stereocenters. The molecule has 0 saturated carbocycles. The van der Waals surface area contributed by atoms with Crippen molar-refractivity contribution < 1.29 is 9.90 Å². The molecule has 4 N–H and O–H groups in total. The van der Waals surface area contributed by atoms with Crippen molar-refractivity contribution in [3.8, 4) is 5.75 Å². The number of hydrogen-bond acceptors (Lipinski definition) is 3. The van der Waals surface area contributed by atoms with Crippen molar-refractivity contribution >= 4 is 11.6 Å². The molecule has 1 aromatic carbocycles. The van der Waals surface area contributed by atoms with Crippen LogP contribution in [-0.2, 0) is 11.2 Å². The number of nitrogens with two attached hydrogens (primary N) is 1. The molecule has 1 aromatic rings. The van der Waals surface area contributed by atoms with E-state index in [1.165, 1.54) is 0 Å². The van der Waals surface area contributed by atoms with Crippen LogP contribution in [0.15, 0.2) is 18.2 Å². The quantitative estimate of drug-likeness (QED) is 0.702. The Morgan fingerprint density at radius 3 is 2.67 bits per heavy atom. The summed E-state index contributed by atoms with van der Waals surface area (Å²) in [6, 6.07) is 5.05. The van der Waals surface area contributed by atoms with Gasteiger partial charge < -0.3 is 16.2 Å². The van der Waals surface area contributed by atoms with Crippen molar-refractivity contribution in [2.75, 3.05) is 5.32 Å². The largest absolute Gasteiger partial charge is 0.506 e. The van der Waals surface area contributed by atoms with Crippen LogP contribution in [0.3, 0.4) is 0 Å². The number of amides is 1. The van der Waals surface area contributed by atoms with E-state index in [9.17, 15) is 9.90 Å². The zero-order chi connectivity index (χ0) is 13.7. The second kappa shape index (κ2) is 6.40. The zero-order valence-corrected chi connectivity index (χ0v) is 11.2. The van der Waals surface area contributed by atoms with Crippen molar-refractivity contribution in [1.29, 1.82) is 0 Å². The number of anilines is 1. The number of phenolic OH excluding ortho intramolecular Hbond substituents is 1. The molecular weight excluding hydrogens is 228 g/mol. The van der Waals surface area contributed by atoms with E-state index >= 15 is 0 Å². The maximum atomic E-state index is 11.8. The van der Waals surface area contributed by atoms with Crippen molar-refractivity contribution in [3.05, 3.63) is 23.8 Å². The standard InChI is InChI=1S/C14H22N2O2/c1-4-10-5-6-13(17)12(7-10)16-14(18)8-11(15)9(2)3/h5-7,9,11,17H,4,8,15H2,1-3H3,(H,16,18). The average Bonchev–Trinajstić information content (AvgIpc) is 2.31. The third-order valence-electron chi connectivity index (χ3n) is 3.02. The number of hydrogen-bond donors (Lipinski definition) is 3. The number of nitrogens with one attached hydrogen (secondary N) is 1. The van der Waals surface area contributed by atoms with E-state index in [4.69, 9.17) is 5.73 Å². The summed E-state index contributed by atoms with van der Waals surface area (Å²) in [6.45, 7) is 5.98. The molecule has 1 amide bonds. The number of carbonyl (C=O) groups excluding carboxylic acids is 1. The van der Waals surface area contributed by atoms with E-state index in [-0.39, 0.29) is 30.0 Å². The highest BCUT2D eigenvalue weighted by molar-refractivity contribution is 5.92. The summed E-state index contributed by atoms with van der Waals surface area (Å²) < 4.78 is 0. The normalized spacial score (nSPS) is 12.5. The van der Waals surface area contributed by atoms with Crippen molar-refractivity contribution in [1.82, 2.24) is 0 Å². The van der Waals surface area contributed by atoms with Crippen LogP contribution in [0.5, 0.6) is 5.75 Å². The van der Waals surface area contributed by atoms with Crippen LogP contribution in [0.1, 0.15) is 32.8 Å². The first kappa shape index (κ1) is 14.5. The lowest BCUT2D eigenvalue weighted by atomic mass is 10.0. The van der Waals surface area contributed by atoms with E-state index in [0.717, 1.165) is 12.0 Å². The molecule has 1 rings (SSSR count). The average molecular weight is 250 g/mol. The van der Waals surface area contributed by atoms with Crippen LogP contribution in [-0.4, -0.2) is 17.1 Å². The van der Waals surface area contributed by atoms with E-state index in [1.807, 2.05) is 26.8 Å². The molecular formula is C14H22N2O2. The fourth-order valence-electron chi connectivity index (χ4n) is 1.55. The van der Waals surface area contributed by atoms with Gasteiger partial charge >= 0.3 is 0 Å². The predicted octanol–water partition coefficient (Wildman–Crippen LogP) is 2.27. The van der Waals surface area contributed by atoms with Gasteiger partial charge in [0.25, 0.3) is 0 Å². The van der Waals surface area contributed by atoms with Crippen LogP contribution in [0.2, 0.25) is 0 Å². The van der Waals surface area contributed by atoms with Gasteiger partial charge in [0.05, 0.1) is 5.69 Å². The minimum atomic E-state index is -0.167. The minimum absolute atomic E-state index is 0.0821. The third kappa shape index (κ3) is 4.04. The van der Waals surface area contributed by atoms with Crippen LogP contribution < -0.4 is 11.1 Å². The SMILES string of the molecule is CCc1ccc(O)c(NC(=O)CC(N)C(C)C)c1. The van der Waals surface area contributed by atoms with E-state index < -0.39 is 0 Å². The molecule has 0 spiro atoms. The van der Waals surface area contributed by atoms with Crippen LogP contribution >= 0.6 is 0 Å². The lowest BCUT2D eigenvalue weighted by Crippen LogP contribution is -2.31. The Hall–Kier alpha value is -1.55. The van der Waals surface area contributed by atoms with Gasteiger partial charge in [0.1, 0.15) is 5.75 Å². The number of rotatable bonds is 5. The summed E-state index contributed by atoms with van der Waals surface area (Å²) in [5, 5.41) is 12.4. The van der Waals surface area contributed by atoms with Crippen molar-refractivity contribution in [3.63, 3.8) is 0 Å². The fraction of sp³-hybridized carbons (Fsp3) is 0.500. The number of benzene rings is 1. The molecule has 4 heteroatoms. The Kier molecular flexibility index (Phi) is 5.16. The zero-order valence-electron chi connectivity index (χ0n) is 11.2. The van der Waals surface area contributed by atoms with Crippen LogP contribution in [0, 0.1) is 5.92 Å². The topological polar surface area (TPSA) is 75.3 Å². The summed E-state index contributed by atoms with van der Waals surface area (Å²) in [7, 11) is 0. The van der Waals surface area contributed by atoms with Gasteiger partial charge in [-0.1, -0.05) is 26.8 Å². The number of phenols is 1. The van der Waals surface area contributed by atoms with Gasteiger partial charge in [0, 0.05) is 12.5 Å². The predicted molar refractivity (Wildman–Crippen MR) is 73.5 cm³/mol. The molecule has 1 unspecified atom stereocenters. The van der Waals surface area contributed by atoms with Gasteiger partial charge in [-0.3, -0.25) is 4.79 Å². The molecule has 0 aromatic heterocycles. The Labute approximate surface area is 108 Å². The summed E-state index contributed by atoms with van der Waals surface area (Å²) in [5.74, 6) is 0.171. The number of aromatic hydroxyl groups is 1. The lowest BCUT2D eigenvalue weighted by molar-refractivity contribution is -0.116. The van der Waals surface area contributed by atoms with Crippen molar-refractivity contribution in [2.45, 2.75) is 39.7 Å².